The van der Waals surface area contributed by atoms with Crippen molar-refractivity contribution in [2.75, 3.05) is 50.1 Å². The van der Waals surface area contributed by atoms with E-state index in [0.29, 0.717) is 30.4 Å². The number of rotatable bonds is 36. The lowest BCUT2D eigenvalue weighted by atomic mass is 9.87. The first-order valence-electron chi connectivity index (χ1n) is 25.3. The molecule has 32 nitrogen and oxygen atoms in total. The zero-order valence-electron chi connectivity index (χ0n) is 45.7. The molecule has 0 bridgehead atoms. The van der Waals surface area contributed by atoms with Gasteiger partial charge in [0.25, 0.3) is 15.6 Å². The maximum absolute atomic E-state index is 12.9. The number of nitrogens with zero attached hydrogens (tertiary/aromatic N) is 4. The number of thioether (sulfide) groups is 2. The normalized spacial score (nSPS) is 22.5. The van der Waals surface area contributed by atoms with Gasteiger partial charge in [0.2, 0.25) is 17.7 Å². The molecule has 37 heteroatoms. The van der Waals surface area contributed by atoms with E-state index in [0.717, 1.165) is 126 Å². The minimum Gasteiger partial charge on any atom is -0.845 e. The minimum absolute atomic E-state index is 0. The monoisotopic (exact) mass is 1240 g/mol. The van der Waals surface area contributed by atoms with E-state index >= 15 is 0 Å². The van der Waals surface area contributed by atoms with Gasteiger partial charge in [0, 0.05) is 55.7 Å². The number of nitrogens with one attached hydrogen (secondary N) is 5. The van der Waals surface area contributed by atoms with Crippen molar-refractivity contribution in [3.8, 4) is 0 Å². The first-order chi connectivity index (χ1) is 36.3. The van der Waals surface area contributed by atoms with E-state index in [9.17, 15) is 67.5 Å². The Kier molecular flexibility index (Phi) is 31.2. The van der Waals surface area contributed by atoms with Crippen LogP contribution in [-0.2, 0) is 55.5 Å². The molecule has 0 saturated carbocycles. The first-order valence-corrected chi connectivity index (χ1v) is 31.8. The van der Waals surface area contributed by atoms with Crippen molar-refractivity contribution >= 4 is 92.8 Å². The number of quaternary nitrogens is 3. The second kappa shape index (κ2) is 34.3. The quantitative estimate of drug-likeness (QED) is 0.0262. The summed E-state index contributed by atoms with van der Waals surface area (Å²) in [5, 5.41) is 38.2. The van der Waals surface area contributed by atoms with Gasteiger partial charge in [-0.1, -0.05) is 77.0 Å². The third-order valence-electron chi connectivity index (χ3n) is 12.7. The minimum atomic E-state index is -5.92. The number of unbranched alkanes of at least 4 members (excludes halogenated alkanes) is 9. The number of anilines is 1. The van der Waals surface area contributed by atoms with Gasteiger partial charge in [-0.15, -0.1) is 0 Å². The number of phosphoric ester groups is 3. The molecular formula is C43H82N13O19P3S2. The number of aliphatic hydroxyl groups is 1. The van der Waals surface area contributed by atoms with Crippen molar-refractivity contribution in [1.82, 2.24) is 64.6 Å². The maximum Gasteiger partial charge on any atom is 0.470 e. The molecule has 22 N–H and O–H groups in total. The number of hydrogen-bond acceptors (Lipinski definition) is 23. The number of carbonyl (C=O) groups is 5. The molecule has 5 heterocycles. The van der Waals surface area contributed by atoms with E-state index in [1.807, 2.05) is 11.8 Å². The fraction of sp³-hybridized carbons (Fsp3) is 0.767. The number of aromatic nitrogens is 4. The smallest absolute Gasteiger partial charge is 0.470 e. The summed E-state index contributed by atoms with van der Waals surface area (Å²) in [6, 6.07) is 0.341. The summed E-state index contributed by atoms with van der Waals surface area (Å²) >= 11 is 3.00. The van der Waals surface area contributed by atoms with Crippen LogP contribution in [0.5, 0.6) is 0 Å². The molecule has 460 valence electrons. The van der Waals surface area contributed by atoms with Crippen molar-refractivity contribution in [2.45, 2.75) is 158 Å². The molecule has 3 aliphatic heterocycles. The topological polar surface area (TPSA) is 552 Å². The summed E-state index contributed by atoms with van der Waals surface area (Å²) in [6.07, 6.45) is 5.42. The van der Waals surface area contributed by atoms with Crippen LogP contribution in [0.3, 0.4) is 0 Å². The average molecular weight is 1240 g/mol. The Morgan fingerprint density at radius 3 is 2.19 bits per heavy atom. The Labute approximate surface area is 472 Å². The maximum atomic E-state index is 12.9. The summed E-state index contributed by atoms with van der Waals surface area (Å²) in [7, 11) is -17.1. The molecule has 80 heavy (non-hydrogen) atoms. The number of aliphatic hydroxyl groups excluding tert-OH is 1. The van der Waals surface area contributed by atoms with E-state index in [1.165, 1.54) is 0 Å². The van der Waals surface area contributed by atoms with Crippen LogP contribution in [-0.4, -0.2) is 149 Å². The highest BCUT2D eigenvalue weighted by molar-refractivity contribution is 8.13. The van der Waals surface area contributed by atoms with Crippen molar-refractivity contribution in [2.24, 2.45) is 5.41 Å². The van der Waals surface area contributed by atoms with Gasteiger partial charge in [0.1, 0.15) is 30.2 Å². The lowest BCUT2D eigenvalue weighted by Gasteiger charge is -2.39. The number of hydrogen-bond donors (Lipinski definition) is 12. The molecule has 2 aromatic rings. The number of ether oxygens (including phenoxy) is 1. The lowest BCUT2D eigenvalue weighted by Crippen LogP contribution is -2.54. The number of urea groups is 1. The van der Waals surface area contributed by atoms with Crippen LogP contribution < -0.4 is 65.7 Å². The number of carbonyl (C=O) groups excluding carboxylic acids is 5. The molecule has 5 amide bonds. The van der Waals surface area contributed by atoms with Crippen molar-refractivity contribution in [3.05, 3.63) is 12.7 Å². The predicted octanol–water partition coefficient (Wildman–Crippen LogP) is 1.64. The highest BCUT2D eigenvalue weighted by Gasteiger charge is 2.49. The van der Waals surface area contributed by atoms with Crippen LogP contribution in [0, 0.1) is 5.41 Å². The van der Waals surface area contributed by atoms with E-state index in [2.05, 4.69) is 59.4 Å². The van der Waals surface area contributed by atoms with Crippen LogP contribution >= 0.6 is 47.0 Å². The second-order valence-electron chi connectivity index (χ2n) is 19.4. The fourth-order valence-electron chi connectivity index (χ4n) is 8.57. The van der Waals surface area contributed by atoms with Gasteiger partial charge in [0.15, 0.2) is 22.8 Å². The Morgan fingerprint density at radius 2 is 1.50 bits per heavy atom. The molecule has 0 spiro atoms. The molecule has 3 fully saturated rings. The van der Waals surface area contributed by atoms with Crippen LogP contribution in [0.25, 0.3) is 11.2 Å². The summed E-state index contributed by atoms with van der Waals surface area (Å²) in [4.78, 5) is 117. The molecule has 0 aliphatic carbocycles. The summed E-state index contributed by atoms with van der Waals surface area (Å²) < 4.78 is 61.5. The molecule has 2 aromatic heterocycles. The molecule has 10 atom stereocenters. The van der Waals surface area contributed by atoms with Gasteiger partial charge >= 0.3 is 13.9 Å². The number of fused-ring (bicyclic) bond motifs is 2. The summed E-state index contributed by atoms with van der Waals surface area (Å²) in [5.74, 6) is -0.281. The molecule has 3 saturated heterocycles. The van der Waals surface area contributed by atoms with Crippen LogP contribution in [0.4, 0.5) is 10.6 Å². The zero-order valence-corrected chi connectivity index (χ0v) is 50.0. The van der Waals surface area contributed by atoms with Crippen LogP contribution in [0.1, 0.15) is 116 Å². The molecule has 5 rings (SSSR count). The standard InChI is InChI=1S/C43H72N10O19P3S2.3H3N/c1-43(2,24-69-75(66,67)72-74(64,65)68-22-28-36(71-73(61,62)63)35(57)41(70-28)53-26-50-34-38(44)48-25-49-39(34)53)37(58)40(59)47-19-17-31(55)46-20-21-76-32(56)16-10-8-6-4-3-5-7-9-13-18-45-30(54)15-12-11-14-29-33-27(23-77-29)51-42(60)52-33;;;/h25-29,33,35-37,41,57H,3-24H2,1-2H3,(H,45,54)(H,46,55)(H,47,59)(H,64,65)(H,66,67)(H2,44,48,49)(H2,51,52,60)(H2,61,62,63);3*1H3/q-1;;;/p+1/t27-,28+,29-,33-,35+,36+,37-,41+;;;/m0.../s1. The predicted molar refractivity (Wildman–Crippen MR) is 292 cm³/mol. The molecule has 2 unspecified atom stereocenters. The number of nitrogens with two attached hydrogens (primary N) is 1. The number of nitrogen functional groups attached to an aromatic ring is 1. The number of imidazole rings is 1. The molecule has 0 aromatic carbocycles. The Bertz CT molecular complexity index is 2450. The van der Waals surface area contributed by atoms with E-state index < -0.39 is 84.6 Å². The highest BCUT2D eigenvalue weighted by Crippen LogP contribution is 2.56. The van der Waals surface area contributed by atoms with Crippen molar-refractivity contribution in [3.63, 3.8) is 0 Å². The van der Waals surface area contributed by atoms with E-state index in [-0.39, 0.29) is 84.1 Å². The molecule has 0 radical (unpaired) electrons. The zero-order chi connectivity index (χ0) is 56.4. The third kappa shape index (κ3) is 24.0. The number of phosphoric acid groups is 3. The van der Waals surface area contributed by atoms with Gasteiger partial charge < -0.3 is 94.3 Å². The largest absolute Gasteiger partial charge is 0.845 e. The highest BCUT2D eigenvalue weighted by atomic mass is 32.2. The van der Waals surface area contributed by atoms with E-state index in [1.54, 1.807) is 0 Å². The van der Waals surface area contributed by atoms with Gasteiger partial charge in [-0.25, -0.2) is 28.6 Å². The summed E-state index contributed by atoms with van der Waals surface area (Å²) in [6.45, 7) is 0.627. The third-order valence-corrected chi connectivity index (χ3v) is 18.1. The summed E-state index contributed by atoms with van der Waals surface area (Å²) in [5.41, 5.74) is 4.03. The first kappa shape index (κ1) is 72.6. The van der Waals surface area contributed by atoms with Gasteiger partial charge in [-0.2, -0.15) is 11.8 Å². The van der Waals surface area contributed by atoms with Gasteiger partial charge in [0.05, 0.1) is 31.6 Å². The number of amides is 5. The Morgan fingerprint density at radius 1 is 0.875 bits per heavy atom. The lowest BCUT2D eigenvalue weighted by molar-refractivity contribution is -0.429. The van der Waals surface area contributed by atoms with Gasteiger partial charge in [-0.05, 0) is 37.2 Å². The van der Waals surface area contributed by atoms with Crippen LogP contribution in [0.2, 0.25) is 0 Å². The molecule has 3 aliphatic rings. The van der Waals surface area contributed by atoms with Crippen molar-refractivity contribution < 1.29 is 90.1 Å². The Balaban J connectivity index is 0.00000729. The average Bonchev–Trinajstić information content (AvgIpc) is 4.13. The van der Waals surface area contributed by atoms with Gasteiger partial charge in [-0.3, -0.25) is 37.4 Å². The SMILES string of the molecule is CC(C)(COP(=O)([O-])OP(=O)([O-])OC[C@H]1O[C@@H](n2cnc3c(N)ncnc32)[C@H](O)[C@@H]1OP(=O)(O)O)[C@@H]([O-])C(=O)NCCC(=O)NCCSC(=O)CCCCCCCCCCCNC(=O)CCCC[C@@H]1SC[C@@H]2NC(=O)N[C@@H]21.[NH4+].[NH4+].[NH4+]. The van der Waals surface area contributed by atoms with E-state index in [4.69, 9.17) is 10.5 Å². The Hall–Kier alpha value is -3.47. The second-order valence-corrected chi connectivity index (χ2v) is 25.9. The molecular weight excluding hydrogens is 1160 g/mol. The fourth-order valence-corrected chi connectivity index (χ4v) is 13.6. The van der Waals surface area contributed by atoms with Crippen LogP contribution in [0.15, 0.2) is 12.7 Å². The van der Waals surface area contributed by atoms with Crippen molar-refractivity contribution in [1.29, 1.82) is 0 Å².